The van der Waals surface area contributed by atoms with Gasteiger partial charge in [0.05, 0.1) is 5.57 Å². The minimum Gasteiger partial charge on any atom is -0.472 e. The first-order valence-corrected chi connectivity index (χ1v) is 7.11. The molecule has 2 rings (SSSR count). The van der Waals surface area contributed by atoms with E-state index in [1.165, 1.54) is 0 Å². The molecule has 0 radical (unpaired) electrons. The van der Waals surface area contributed by atoms with Crippen molar-refractivity contribution in [2.75, 3.05) is 6.54 Å². The van der Waals surface area contributed by atoms with Crippen LogP contribution in [-0.2, 0) is 9.53 Å². The summed E-state index contributed by atoms with van der Waals surface area (Å²) in [5, 5.41) is 9.84. The number of aliphatic hydroxyl groups excluding tert-OH is 1. The highest BCUT2D eigenvalue weighted by molar-refractivity contribution is 5.94. The third-order valence-corrected chi connectivity index (χ3v) is 3.83. The second-order valence-corrected chi connectivity index (χ2v) is 5.23. The Balaban J connectivity index is 1.94. The Bertz CT molecular complexity index is 400. The average Bonchev–Trinajstić information content (AvgIpc) is 2.77. The van der Waals surface area contributed by atoms with Gasteiger partial charge in [-0.05, 0) is 39.5 Å². The number of carbonyl (C=O) groups is 1. The molecule has 0 aliphatic carbocycles. The topological polar surface area (TPSA) is 49.8 Å². The lowest BCUT2D eigenvalue weighted by atomic mass is 10.1. The summed E-state index contributed by atoms with van der Waals surface area (Å²) in [5.41, 5.74) is 0.705. The van der Waals surface area contributed by atoms with Crippen molar-refractivity contribution in [2.24, 2.45) is 0 Å². The molecule has 19 heavy (non-hydrogen) atoms. The molecule has 0 bridgehead atoms. The number of carbonyl (C=O) groups excluding carboxylic acids is 1. The number of unbranched alkanes of at least 4 members (excludes halogenated alkanes) is 2. The van der Waals surface area contributed by atoms with Crippen LogP contribution in [0.25, 0.3) is 0 Å². The van der Waals surface area contributed by atoms with Gasteiger partial charge >= 0.3 is 0 Å². The monoisotopic (exact) mass is 265 g/mol. The number of ether oxygens (including phenoxy) is 1. The van der Waals surface area contributed by atoms with Crippen LogP contribution in [0.4, 0.5) is 0 Å². The summed E-state index contributed by atoms with van der Waals surface area (Å²) < 4.78 is 5.83. The standard InChI is InChI=1S/C15H23NO3/c1-3-4-5-6-7-8-13-11(2)14(18)16-10-9-12(17)15(16)19-13/h3-4,12,15,17H,5-10H2,1-2H3/b4-3+. The van der Waals surface area contributed by atoms with E-state index in [1.807, 2.05) is 13.8 Å². The molecule has 2 aliphatic heterocycles. The van der Waals surface area contributed by atoms with Gasteiger partial charge in [-0.3, -0.25) is 4.79 Å². The van der Waals surface area contributed by atoms with Crippen molar-refractivity contribution in [3.8, 4) is 0 Å². The second kappa shape index (κ2) is 6.24. The molecule has 4 nitrogen and oxygen atoms in total. The van der Waals surface area contributed by atoms with Gasteiger partial charge in [0, 0.05) is 13.0 Å². The zero-order valence-corrected chi connectivity index (χ0v) is 11.8. The van der Waals surface area contributed by atoms with Crippen molar-refractivity contribution in [2.45, 2.75) is 58.3 Å². The van der Waals surface area contributed by atoms with Crippen LogP contribution < -0.4 is 0 Å². The zero-order chi connectivity index (χ0) is 13.8. The van der Waals surface area contributed by atoms with Crippen LogP contribution in [0.2, 0.25) is 0 Å². The molecule has 0 aromatic heterocycles. The Hall–Kier alpha value is -1.29. The minimum absolute atomic E-state index is 0.0243. The van der Waals surface area contributed by atoms with Gasteiger partial charge in [-0.1, -0.05) is 12.2 Å². The number of amides is 1. The molecule has 0 saturated carbocycles. The highest BCUT2D eigenvalue weighted by atomic mass is 16.5. The van der Waals surface area contributed by atoms with Gasteiger partial charge in [0.1, 0.15) is 11.9 Å². The first kappa shape index (κ1) is 14.1. The number of rotatable bonds is 5. The smallest absolute Gasteiger partial charge is 0.255 e. The molecule has 0 spiro atoms. The van der Waals surface area contributed by atoms with Gasteiger partial charge < -0.3 is 14.7 Å². The van der Waals surface area contributed by atoms with Crippen molar-refractivity contribution in [3.05, 3.63) is 23.5 Å². The summed E-state index contributed by atoms with van der Waals surface area (Å²) in [6.45, 7) is 4.44. The Morgan fingerprint density at radius 3 is 3.00 bits per heavy atom. The quantitative estimate of drug-likeness (QED) is 0.613. The number of hydrogen-bond donors (Lipinski definition) is 1. The molecule has 2 aliphatic rings. The van der Waals surface area contributed by atoms with Crippen molar-refractivity contribution in [1.29, 1.82) is 0 Å². The third kappa shape index (κ3) is 3.00. The van der Waals surface area contributed by atoms with Crippen LogP contribution in [0.15, 0.2) is 23.5 Å². The number of nitrogens with zero attached hydrogens (tertiary/aromatic N) is 1. The summed E-state index contributed by atoms with van der Waals surface area (Å²) in [5.74, 6) is 0.795. The van der Waals surface area contributed by atoms with Gasteiger partial charge in [0.2, 0.25) is 0 Å². The van der Waals surface area contributed by atoms with E-state index in [0.717, 1.165) is 31.4 Å². The molecule has 0 aromatic rings. The van der Waals surface area contributed by atoms with E-state index >= 15 is 0 Å². The largest absolute Gasteiger partial charge is 0.472 e. The number of aliphatic hydroxyl groups is 1. The molecule has 2 unspecified atom stereocenters. The van der Waals surface area contributed by atoms with Crippen LogP contribution in [0, 0.1) is 0 Å². The summed E-state index contributed by atoms with van der Waals surface area (Å²) in [6, 6.07) is 0. The fourth-order valence-corrected chi connectivity index (χ4v) is 2.64. The van der Waals surface area contributed by atoms with E-state index in [4.69, 9.17) is 4.74 Å². The fraction of sp³-hybridized carbons (Fsp3) is 0.667. The third-order valence-electron chi connectivity index (χ3n) is 3.83. The van der Waals surface area contributed by atoms with E-state index in [0.29, 0.717) is 18.5 Å². The number of fused-ring (bicyclic) bond motifs is 1. The molecule has 4 heteroatoms. The maximum Gasteiger partial charge on any atom is 0.255 e. The maximum atomic E-state index is 12.2. The lowest BCUT2D eigenvalue weighted by Gasteiger charge is -2.33. The Morgan fingerprint density at radius 2 is 2.26 bits per heavy atom. The summed E-state index contributed by atoms with van der Waals surface area (Å²) in [4.78, 5) is 13.8. The summed E-state index contributed by atoms with van der Waals surface area (Å²) >= 11 is 0. The van der Waals surface area contributed by atoms with Gasteiger partial charge in [0.15, 0.2) is 6.23 Å². The molecule has 2 atom stereocenters. The highest BCUT2D eigenvalue weighted by Gasteiger charge is 2.42. The van der Waals surface area contributed by atoms with Gasteiger partial charge in [-0.2, -0.15) is 0 Å². The van der Waals surface area contributed by atoms with E-state index in [9.17, 15) is 9.90 Å². The molecule has 106 valence electrons. The van der Waals surface area contributed by atoms with Crippen LogP contribution in [-0.4, -0.2) is 34.8 Å². The molecule has 1 fully saturated rings. The average molecular weight is 265 g/mol. The van der Waals surface area contributed by atoms with Crippen molar-refractivity contribution in [1.82, 2.24) is 4.90 Å². The van der Waals surface area contributed by atoms with E-state index in [2.05, 4.69) is 12.2 Å². The van der Waals surface area contributed by atoms with Crippen LogP contribution in [0.3, 0.4) is 0 Å². The molecule has 2 heterocycles. The minimum atomic E-state index is -0.546. The Labute approximate surface area is 114 Å². The van der Waals surface area contributed by atoms with Crippen LogP contribution in [0.5, 0.6) is 0 Å². The molecule has 0 aromatic carbocycles. The predicted molar refractivity (Wildman–Crippen MR) is 73.2 cm³/mol. The van der Waals surface area contributed by atoms with Crippen LogP contribution >= 0.6 is 0 Å². The lowest BCUT2D eigenvalue weighted by molar-refractivity contribution is -0.145. The number of allylic oxidation sites excluding steroid dienone is 3. The first-order valence-electron chi connectivity index (χ1n) is 7.11. The first-order chi connectivity index (χ1) is 9.15. The Morgan fingerprint density at radius 1 is 1.47 bits per heavy atom. The normalized spacial score (nSPS) is 27.1. The van der Waals surface area contributed by atoms with E-state index < -0.39 is 12.3 Å². The summed E-state index contributed by atoms with van der Waals surface area (Å²) in [7, 11) is 0. The SMILES string of the molecule is C/C=C/CCCCC1=C(C)C(=O)N2CCC(O)C2O1. The molecule has 1 saturated heterocycles. The van der Waals surface area contributed by atoms with Gasteiger partial charge in [-0.15, -0.1) is 0 Å². The highest BCUT2D eigenvalue weighted by Crippen LogP contribution is 2.31. The van der Waals surface area contributed by atoms with Crippen molar-refractivity contribution < 1.29 is 14.6 Å². The lowest BCUT2D eigenvalue weighted by Crippen LogP contribution is -2.45. The molecular weight excluding hydrogens is 242 g/mol. The van der Waals surface area contributed by atoms with E-state index in [-0.39, 0.29) is 5.91 Å². The van der Waals surface area contributed by atoms with Crippen LogP contribution in [0.1, 0.15) is 46.0 Å². The zero-order valence-electron chi connectivity index (χ0n) is 11.8. The summed E-state index contributed by atoms with van der Waals surface area (Å²) in [6.07, 6.45) is 7.76. The predicted octanol–water partition coefficient (Wildman–Crippen LogP) is 2.35. The van der Waals surface area contributed by atoms with Gasteiger partial charge in [0.25, 0.3) is 5.91 Å². The molecule has 1 N–H and O–H groups in total. The second-order valence-electron chi connectivity index (χ2n) is 5.23. The van der Waals surface area contributed by atoms with Crippen molar-refractivity contribution in [3.63, 3.8) is 0 Å². The fourth-order valence-electron chi connectivity index (χ4n) is 2.64. The number of hydrogen-bond acceptors (Lipinski definition) is 3. The van der Waals surface area contributed by atoms with Crippen molar-refractivity contribution >= 4 is 5.91 Å². The van der Waals surface area contributed by atoms with Gasteiger partial charge in [-0.25, -0.2) is 0 Å². The van der Waals surface area contributed by atoms with E-state index in [1.54, 1.807) is 4.90 Å². The molecule has 1 amide bonds. The maximum absolute atomic E-state index is 12.2. The molecular formula is C15H23NO3. The Kier molecular flexibility index (Phi) is 4.64.